The third kappa shape index (κ3) is 17.5. The number of ether oxygens (including phenoxy) is 3. The maximum atomic E-state index is 12.3. The van der Waals surface area contributed by atoms with Crippen LogP contribution in [-0.2, 0) is 14.2 Å². The summed E-state index contributed by atoms with van der Waals surface area (Å²) in [6, 6.07) is 0. The van der Waals surface area contributed by atoms with Gasteiger partial charge in [-0.25, -0.2) is 14.4 Å². The van der Waals surface area contributed by atoms with Crippen LogP contribution in [0.1, 0.15) is 121 Å². The highest BCUT2D eigenvalue weighted by atomic mass is 16.6. The summed E-state index contributed by atoms with van der Waals surface area (Å²) in [5.74, 6) is 0. The van der Waals surface area contributed by atoms with Crippen LogP contribution < -0.4 is 21.3 Å². The lowest BCUT2D eigenvalue weighted by Crippen LogP contribution is -2.50. The SMILES string of the molecule is CCC(CC)(CCNCCCCNC(=O)OCCC(CC)(CC)NC(=O)OC(C)(C)C)NC(=O)OCC(C)(C)C. The molecule has 10 nitrogen and oxygen atoms in total. The van der Waals surface area contributed by atoms with Crippen LogP contribution in [0.25, 0.3) is 0 Å². The summed E-state index contributed by atoms with van der Waals surface area (Å²) < 4.78 is 16.1. The molecule has 0 aliphatic heterocycles. The predicted molar refractivity (Wildman–Crippen MR) is 161 cm³/mol. The van der Waals surface area contributed by atoms with Crippen molar-refractivity contribution in [1.29, 1.82) is 0 Å². The van der Waals surface area contributed by atoms with Crippen LogP contribution in [0.3, 0.4) is 0 Å². The first-order valence-electron chi connectivity index (χ1n) is 15.1. The number of carbonyl (C=O) groups is 3. The second kappa shape index (κ2) is 18.3. The Morgan fingerprint density at radius 2 is 1.15 bits per heavy atom. The standard InChI is InChI=1S/C30H60N4O6/c1-11-29(12-2,33-25(36)39-23-27(5,6)7)17-21-31-19-15-16-20-32-24(35)38-22-18-30(13-3,14-4)34-26(37)40-28(8,9)10/h31H,11-23H2,1-10H3,(H,32,35)(H,33,36)(H,34,37). The molecule has 0 aromatic heterocycles. The largest absolute Gasteiger partial charge is 0.449 e. The molecule has 0 spiro atoms. The first kappa shape index (κ1) is 37.8. The molecule has 0 aliphatic rings. The summed E-state index contributed by atoms with van der Waals surface area (Å²) in [7, 11) is 0. The second-order valence-electron chi connectivity index (χ2n) is 12.9. The third-order valence-electron chi connectivity index (χ3n) is 7.12. The molecule has 0 aliphatic carbocycles. The highest BCUT2D eigenvalue weighted by Gasteiger charge is 2.31. The normalized spacial score (nSPS) is 12.4. The Morgan fingerprint density at radius 1 is 0.625 bits per heavy atom. The van der Waals surface area contributed by atoms with Crippen LogP contribution in [0.5, 0.6) is 0 Å². The Bertz CT molecular complexity index is 737. The summed E-state index contributed by atoms with van der Waals surface area (Å²) in [5.41, 5.74) is -1.41. The molecular formula is C30H60N4O6. The molecule has 3 amide bonds. The van der Waals surface area contributed by atoms with Crippen molar-refractivity contribution in [3.8, 4) is 0 Å². The molecule has 0 unspecified atom stereocenters. The van der Waals surface area contributed by atoms with Crippen molar-refractivity contribution in [2.75, 3.05) is 32.8 Å². The number of hydrogen-bond donors (Lipinski definition) is 4. The fourth-order valence-electron chi connectivity index (χ4n) is 4.15. The molecule has 0 aromatic rings. The van der Waals surface area contributed by atoms with E-state index < -0.39 is 23.3 Å². The van der Waals surface area contributed by atoms with Crippen LogP contribution in [0.15, 0.2) is 0 Å². The zero-order valence-electron chi connectivity index (χ0n) is 27.1. The fourth-order valence-corrected chi connectivity index (χ4v) is 4.15. The van der Waals surface area contributed by atoms with Crippen molar-refractivity contribution in [2.24, 2.45) is 5.41 Å². The smallest absolute Gasteiger partial charge is 0.408 e. The van der Waals surface area contributed by atoms with Crippen LogP contribution >= 0.6 is 0 Å². The van der Waals surface area contributed by atoms with Gasteiger partial charge < -0.3 is 35.5 Å². The first-order valence-corrected chi connectivity index (χ1v) is 15.1. The minimum absolute atomic E-state index is 0.0672. The monoisotopic (exact) mass is 572 g/mol. The summed E-state index contributed by atoms with van der Waals surface area (Å²) in [5, 5.41) is 12.3. The highest BCUT2D eigenvalue weighted by molar-refractivity contribution is 5.69. The zero-order chi connectivity index (χ0) is 30.9. The number of rotatable bonds is 18. The summed E-state index contributed by atoms with van der Waals surface area (Å²) in [4.78, 5) is 36.7. The van der Waals surface area contributed by atoms with Crippen LogP contribution in [0.4, 0.5) is 14.4 Å². The van der Waals surface area contributed by atoms with Gasteiger partial charge in [-0.1, -0.05) is 48.5 Å². The van der Waals surface area contributed by atoms with Gasteiger partial charge in [-0.15, -0.1) is 0 Å². The molecule has 0 saturated carbocycles. The van der Waals surface area contributed by atoms with Gasteiger partial charge in [0.2, 0.25) is 0 Å². The van der Waals surface area contributed by atoms with E-state index in [2.05, 4.69) is 35.1 Å². The fraction of sp³-hybridized carbons (Fsp3) is 0.900. The first-order chi connectivity index (χ1) is 18.5. The van der Waals surface area contributed by atoms with Crippen molar-refractivity contribution in [1.82, 2.24) is 21.3 Å². The topological polar surface area (TPSA) is 127 Å². The Kier molecular flexibility index (Phi) is 17.2. The Balaban J connectivity index is 4.23. The van der Waals surface area contributed by atoms with Gasteiger partial charge in [0.1, 0.15) is 5.60 Å². The summed E-state index contributed by atoms with van der Waals surface area (Å²) >= 11 is 0. The molecule has 4 N–H and O–H groups in total. The average Bonchev–Trinajstić information content (AvgIpc) is 2.86. The molecular weight excluding hydrogens is 512 g/mol. The summed E-state index contributed by atoms with van der Waals surface area (Å²) in [6.07, 6.45) is 4.85. The average molecular weight is 573 g/mol. The minimum Gasteiger partial charge on any atom is -0.449 e. The van der Waals surface area contributed by atoms with Gasteiger partial charge in [0.15, 0.2) is 0 Å². The molecule has 40 heavy (non-hydrogen) atoms. The molecule has 0 atom stereocenters. The van der Waals surface area contributed by atoms with E-state index in [0.29, 0.717) is 32.4 Å². The number of amides is 3. The number of nitrogens with one attached hydrogen (secondary N) is 4. The van der Waals surface area contributed by atoms with Gasteiger partial charge in [-0.2, -0.15) is 0 Å². The lowest BCUT2D eigenvalue weighted by Gasteiger charge is -2.33. The second-order valence-corrected chi connectivity index (χ2v) is 12.9. The number of alkyl carbamates (subject to hydrolysis) is 3. The van der Waals surface area contributed by atoms with Crippen molar-refractivity contribution >= 4 is 18.3 Å². The van der Waals surface area contributed by atoms with E-state index in [1.54, 1.807) is 0 Å². The number of hydrogen-bond acceptors (Lipinski definition) is 7. The maximum Gasteiger partial charge on any atom is 0.408 e. The molecule has 0 rings (SSSR count). The van der Waals surface area contributed by atoms with E-state index in [4.69, 9.17) is 14.2 Å². The zero-order valence-corrected chi connectivity index (χ0v) is 27.1. The van der Waals surface area contributed by atoms with Crippen LogP contribution in [0.2, 0.25) is 0 Å². The van der Waals surface area contributed by atoms with Crippen LogP contribution in [-0.4, -0.2) is 67.8 Å². The Labute approximate surface area is 243 Å². The lowest BCUT2D eigenvalue weighted by molar-refractivity contribution is 0.0422. The highest BCUT2D eigenvalue weighted by Crippen LogP contribution is 2.22. The molecule has 10 heteroatoms. The van der Waals surface area contributed by atoms with Crippen molar-refractivity contribution in [3.63, 3.8) is 0 Å². The van der Waals surface area contributed by atoms with Crippen LogP contribution in [0, 0.1) is 5.41 Å². The molecule has 0 radical (unpaired) electrons. The number of unbranched alkanes of at least 4 members (excludes halogenated alkanes) is 1. The lowest BCUT2D eigenvalue weighted by atomic mass is 9.89. The third-order valence-corrected chi connectivity index (χ3v) is 7.12. The Hall–Kier alpha value is -2.23. The van der Waals surface area contributed by atoms with Crippen molar-refractivity contribution in [3.05, 3.63) is 0 Å². The van der Waals surface area contributed by atoms with E-state index in [9.17, 15) is 14.4 Å². The van der Waals surface area contributed by atoms with Gasteiger partial charge in [-0.05, 0) is 84.2 Å². The number of carbonyl (C=O) groups excluding carboxylic acids is 3. The molecule has 0 aromatic carbocycles. The molecule has 236 valence electrons. The Morgan fingerprint density at radius 3 is 1.68 bits per heavy atom. The van der Waals surface area contributed by atoms with E-state index in [1.807, 2.05) is 55.4 Å². The van der Waals surface area contributed by atoms with Crippen molar-refractivity contribution in [2.45, 2.75) is 137 Å². The van der Waals surface area contributed by atoms with Gasteiger partial charge in [0, 0.05) is 24.0 Å². The predicted octanol–water partition coefficient (Wildman–Crippen LogP) is 6.28. The van der Waals surface area contributed by atoms with Gasteiger partial charge in [0.25, 0.3) is 0 Å². The van der Waals surface area contributed by atoms with Gasteiger partial charge >= 0.3 is 18.3 Å². The minimum atomic E-state index is -0.572. The van der Waals surface area contributed by atoms with Gasteiger partial charge in [-0.3, -0.25) is 0 Å². The van der Waals surface area contributed by atoms with E-state index in [-0.39, 0.29) is 23.7 Å². The molecule has 0 fully saturated rings. The molecule has 0 saturated heterocycles. The van der Waals surface area contributed by atoms with E-state index >= 15 is 0 Å². The molecule has 0 heterocycles. The van der Waals surface area contributed by atoms with E-state index in [0.717, 1.165) is 45.2 Å². The quantitative estimate of drug-likeness (QED) is 0.112. The maximum absolute atomic E-state index is 12.3. The molecule has 0 bridgehead atoms. The van der Waals surface area contributed by atoms with E-state index in [1.165, 1.54) is 0 Å². The van der Waals surface area contributed by atoms with Gasteiger partial charge in [0.05, 0.1) is 13.2 Å². The summed E-state index contributed by atoms with van der Waals surface area (Å²) in [6.45, 7) is 22.5. The van der Waals surface area contributed by atoms with Crippen molar-refractivity contribution < 1.29 is 28.6 Å².